The van der Waals surface area contributed by atoms with Gasteiger partial charge in [0.05, 0.1) is 24.5 Å². The molecule has 0 radical (unpaired) electrons. The van der Waals surface area contributed by atoms with Crippen molar-refractivity contribution in [3.05, 3.63) is 42.0 Å². The van der Waals surface area contributed by atoms with Crippen LogP contribution in [0.3, 0.4) is 0 Å². The lowest BCUT2D eigenvalue weighted by molar-refractivity contribution is -0.114. The van der Waals surface area contributed by atoms with Gasteiger partial charge in [0.15, 0.2) is 0 Å². The SMILES string of the molecule is CCOc1cc2c(cc1NCC(=O)Nc1ccccc1SC)O[C@H](C)C2. The van der Waals surface area contributed by atoms with E-state index in [0.717, 1.165) is 39.8 Å². The number of hydrogen-bond acceptors (Lipinski definition) is 5. The molecule has 1 amide bonds. The molecule has 0 unspecified atom stereocenters. The van der Waals surface area contributed by atoms with E-state index >= 15 is 0 Å². The summed E-state index contributed by atoms with van der Waals surface area (Å²) in [6.07, 6.45) is 3.03. The number of para-hydroxylation sites is 1. The molecule has 0 bridgehead atoms. The van der Waals surface area contributed by atoms with Gasteiger partial charge in [-0.25, -0.2) is 0 Å². The number of amides is 1. The van der Waals surface area contributed by atoms with Gasteiger partial charge in [0.2, 0.25) is 5.91 Å². The van der Waals surface area contributed by atoms with Crippen molar-refractivity contribution in [2.75, 3.05) is 30.0 Å². The lowest BCUT2D eigenvalue weighted by Crippen LogP contribution is -2.22. The van der Waals surface area contributed by atoms with Crippen molar-refractivity contribution in [1.82, 2.24) is 0 Å². The second kappa shape index (κ2) is 8.36. The second-order valence-electron chi connectivity index (χ2n) is 6.12. The zero-order valence-corrected chi connectivity index (χ0v) is 16.1. The maximum absolute atomic E-state index is 12.4. The summed E-state index contributed by atoms with van der Waals surface area (Å²) in [7, 11) is 0. The second-order valence-corrected chi connectivity index (χ2v) is 6.97. The van der Waals surface area contributed by atoms with Crippen LogP contribution in [0.25, 0.3) is 0 Å². The highest BCUT2D eigenvalue weighted by atomic mass is 32.2. The molecule has 5 nitrogen and oxygen atoms in total. The third-order valence-corrected chi connectivity index (χ3v) is 4.91. The predicted octanol–water partition coefficient (Wildman–Crippen LogP) is 4.18. The van der Waals surface area contributed by atoms with Crippen LogP contribution in [0, 0.1) is 0 Å². The molecule has 1 heterocycles. The Morgan fingerprint density at radius 3 is 2.88 bits per heavy atom. The topological polar surface area (TPSA) is 59.6 Å². The van der Waals surface area contributed by atoms with E-state index < -0.39 is 0 Å². The van der Waals surface area contributed by atoms with Crippen LogP contribution in [0.5, 0.6) is 11.5 Å². The van der Waals surface area contributed by atoms with Gasteiger partial charge in [0, 0.05) is 22.9 Å². The maximum Gasteiger partial charge on any atom is 0.243 e. The van der Waals surface area contributed by atoms with Gasteiger partial charge in [-0.15, -0.1) is 11.8 Å². The summed E-state index contributed by atoms with van der Waals surface area (Å²) in [6.45, 7) is 4.71. The first-order valence-corrected chi connectivity index (χ1v) is 9.96. The van der Waals surface area contributed by atoms with Gasteiger partial charge in [0.1, 0.15) is 17.6 Å². The number of benzene rings is 2. The highest BCUT2D eigenvalue weighted by Crippen LogP contribution is 2.38. The van der Waals surface area contributed by atoms with Crippen molar-refractivity contribution >= 4 is 29.0 Å². The maximum atomic E-state index is 12.4. The smallest absolute Gasteiger partial charge is 0.243 e. The van der Waals surface area contributed by atoms with Crippen molar-refractivity contribution < 1.29 is 14.3 Å². The molecule has 1 aliphatic rings. The van der Waals surface area contributed by atoms with Gasteiger partial charge in [-0.05, 0) is 38.3 Å². The number of carbonyl (C=O) groups excluding carboxylic acids is 1. The number of thioether (sulfide) groups is 1. The first-order chi connectivity index (χ1) is 12.6. The lowest BCUT2D eigenvalue weighted by Gasteiger charge is -2.15. The minimum absolute atomic E-state index is 0.108. The number of fused-ring (bicyclic) bond motifs is 1. The first-order valence-electron chi connectivity index (χ1n) is 8.73. The molecule has 3 rings (SSSR count). The standard InChI is InChI=1S/C20H24N2O3S/c1-4-24-18-10-14-9-13(2)25-17(14)11-16(18)21-12-20(23)22-15-7-5-6-8-19(15)26-3/h5-8,10-11,13,21H,4,9,12H2,1-3H3,(H,22,23)/t13-/m1/s1. The Bertz CT molecular complexity index is 795. The quantitative estimate of drug-likeness (QED) is 0.714. The van der Waals surface area contributed by atoms with Crippen molar-refractivity contribution in [2.45, 2.75) is 31.3 Å². The first kappa shape index (κ1) is 18.5. The molecule has 2 aromatic carbocycles. The average molecular weight is 372 g/mol. The predicted molar refractivity (Wildman–Crippen MR) is 107 cm³/mol. The molecule has 0 spiro atoms. The van der Waals surface area contributed by atoms with Crippen LogP contribution in [0.2, 0.25) is 0 Å². The summed E-state index contributed by atoms with van der Waals surface area (Å²) in [6, 6.07) is 11.7. The fraction of sp³-hybridized carbons (Fsp3) is 0.350. The fourth-order valence-corrected chi connectivity index (χ4v) is 3.52. The molecule has 0 aromatic heterocycles. The Morgan fingerprint density at radius 1 is 1.31 bits per heavy atom. The molecule has 0 saturated heterocycles. The van der Waals surface area contributed by atoms with Crippen LogP contribution in [0.15, 0.2) is 41.3 Å². The number of anilines is 2. The molecular formula is C20H24N2O3S. The molecule has 6 heteroatoms. The molecule has 1 atom stereocenters. The molecule has 0 saturated carbocycles. The summed E-state index contributed by atoms with van der Waals surface area (Å²) in [5, 5.41) is 6.12. The highest BCUT2D eigenvalue weighted by molar-refractivity contribution is 7.98. The van der Waals surface area contributed by atoms with E-state index in [0.29, 0.717) is 6.61 Å². The van der Waals surface area contributed by atoms with Crippen LogP contribution in [-0.2, 0) is 11.2 Å². The van der Waals surface area contributed by atoms with E-state index in [9.17, 15) is 4.79 Å². The van der Waals surface area contributed by atoms with Gasteiger partial charge >= 0.3 is 0 Å². The van der Waals surface area contributed by atoms with Crippen LogP contribution in [0.1, 0.15) is 19.4 Å². The number of hydrogen-bond donors (Lipinski definition) is 2. The summed E-state index contributed by atoms with van der Waals surface area (Å²) in [5.74, 6) is 1.50. The molecule has 2 N–H and O–H groups in total. The zero-order valence-electron chi connectivity index (χ0n) is 15.3. The number of carbonyl (C=O) groups is 1. The summed E-state index contributed by atoms with van der Waals surface area (Å²) < 4.78 is 11.5. The van der Waals surface area contributed by atoms with Crippen LogP contribution in [0.4, 0.5) is 11.4 Å². The minimum Gasteiger partial charge on any atom is -0.492 e. The Kier molecular flexibility index (Phi) is 5.93. The van der Waals surface area contributed by atoms with E-state index in [2.05, 4.69) is 10.6 Å². The van der Waals surface area contributed by atoms with E-state index in [4.69, 9.17) is 9.47 Å². The van der Waals surface area contributed by atoms with Crippen molar-refractivity contribution in [3.8, 4) is 11.5 Å². The fourth-order valence-electron chi connectivity index (χ4n) is 2.97. The normalized spacial score (nSPS) is 15.1. The number of ether oxygens (including phenoxy) is 2. The van der Waals surface area contributed by atoms with E-state index in [-0.39, 0.29) is 18.6 Å². The summed E-state index contributed by atoms with van der Waals surface area (Å²) in [4.78, 5) is 13.4. The molecule has 2 aromatic rings. The molecule has 1 aliphatic heterocycles. The van der Waals surface area contributed by atoms with Gasteiger partial charge < -0.3 is 20.1 Å². The van der Waals surface area contributed by atoms with E-state index in [1.165, 1.54) is 0 Å². The molecule has 26 heavy (non-hydrogen) atoms. The van der Waals surface area contributed by atoms with Crippen molar-refractivity contribution in [1.29, 1.82) is 0 Å². The molecular weight excluding hydrogens is 348 g/mol. The molecule has 0 aliphatic carbocycles. The third-order valence-electron chi connectivity index (χ3n) is 4.12. The van der Waals surface area contributed by atoms with Crippen LogP contribution < -0.4 is 20.1 Å². The Morgan fingerprint density at radius 2 is 2.12 bits per heavy atom. The highest BCUT2D eigenvalue weighted by Gasteiger charge is 2.22. The summed E-state index contributed by atoms with van der Waals surface area (Å²) >= 11 is 1.60. The van der Waals surface area contributed by atoms with Gasteiger partial charge in [-0.2, -0.15) is 0 Å². The third kappa shape index (κ3) is 4.25. The Labute approximate surface area is 158 Å². The van der Waals surface area contributed by atoms with Crippen molar-refractivity contribution in [3.63, 3.8) is 0 Å². The van der Waals surface area contributed by atoms with Gasteiger partial charge in [-0.3, -0.25) is 4.79 Å². The van der Waals surface area contributed by atoms with Gasteiger partial charge in [0.25, 0.3) is 0 Å². The Balaban J connectivity index is 1.69. The monoisotopic (exact) mass is 372 g/mol. The zero-order chi connectivity index (χ0) is 18.5. The van der Waals surface area contributed by atoms with Gasteiger partial charge in [-0.1, -0.05) is 12.1 Å². The molecule has 0 fully saturated rings. The molecule has 138 valence electrons. The van der Waals surface area contributed by atoms with Crippen LogP contribution >= 0.6 is 11.8 Å². The minimum atomic E-state index is -0.108. The number of rotatable bonds is 7. The lowest BCUT2D eigenvalue weighted by atomic mass is 10.1. The van der Waals surface area contributed by atoms with E-state index in [1.54, 1.807) is 11.8 Å². The van der Waals surface area contributed by atoms with E-state index in [1.807, 2.05) is 56.5 Å². The van der Waals surface area contributed by atoms with Crippen LogP contribution in [-0.4, -0.2) is 31.4 Å². The van der Waals surface area contributed by atoms with Crippen molar-refractivity contribution in [2.24, 2.45) is 0 Å². The average Bonchev–Trinajstić information content (AvgIpc) is 2.99. The summed E-state index contributed by atoms with van der Waals surface area (Å²) in [5.41, 5.74) is 2.74. The largest absolute Gasteiger partial charge is 0.492 e. The number of nitrogens with one attached hydrogen (secondary N) is 2. The Hall–Kier alpha value is -2.34.